The van der Waals surface area contributed by atoms with Crippen LogP contribution in [0.15, 0.2) is 47.4 Å². The Labute approximate surface area is 226 Å². The first-order chi connectivity index (χ1) is 17.9. The number of aliphatic hydroxyl groups excluding tert-OH is 1. The Morgan fingerprint density at radius 2 is 1.87 bits per heavy atom. The third-order valence-electron chi connectivity index (χ3n) is 7.35. The third kappa shape index (κ3) is 5.69. The average Bonchev–Trinajstić information content (AvgIpc) is 2.89. The Hall–Kier alpha value is -1.87. The molecule has 1 aromatic carbocycles. The largest absolute Gasteiger partial charge is 0.423 e. The van der Waals surface area contributed by atoms with Gasteiger partial charge in [-0.2, -0.15) is 17.5 Å². The van der Waals surface area contributed by atoms with E-state index in [1.165, 1.54) is 22.5 Å². The van der Waals surface area contributed by atoms with Crippen molar-refractivity contribution >= 4 is 32.8 Å². The molecule has 1 aromatic rings. The number of piperazine rings is 1. The molecule has 13 heteroatoms. The topological polar surface area (TPSA) is 93.6 Å². The van der Waals surface area contributed by atoms with E-state index in [0.29, 0.717) is 49.8 Å². The SMILES string of the molecule is C[C@H]1COCCN1C[C@H]1CN(S(=O)(=O)C2=CC=CCC2=S)CCN1c1ccc([C@@](O)(CO)C(F)(F)F)cc1. The highest BCUT2D eigenvalue weighted by atomic mass is 32.2. The molecule has 1 aliphatic carbocycles. The summed E-state index contributed by atoms with van der Waals surface area (Å²) in [5.41, 5.74) is -3.25. The fourth-order valence-electron chi connectivity index (χ4n) is 5.01. The lowest BCUT2D eigenvalue weighted by Crippen LogP contribution is -2.60. The number of halogens is 3. The number of benzene rings is 1. The molecule has 210 valence electrons. The van der Waals surface area contributed by atoms with Crippen molar-refractivity contribution in [1.82, 2.24) is 9.21 Å². The molecule has 0 unspecified atom stereocenters. The van der Waals surface area contributed by atoms with E-state index in [1.54, 1.807) is 6.08 Å². The fraction of sp³-hybridized carbons (Fsp3) is 0.560. The maximum absolute atomic E-state index is 13.5. The Balaban J connectivity index is 1.62. The summed E-state index contributed by atoms with van der Waals surface area (Å²) in [5.74, 6) is 0. The molecular weight excluding hydrogens is 543 g/mol. The molecule has 2 N–H and O–H groups in total. The van der Waals surface area contributed by atoms with Crippen LogP contribution in [0.5, 0.6) is 0 Å². The van der Waals surface area contributed by atoms with Crippen LogP contribution >= 0.6 is 12.2 Å². The van der Waals surface area contributed by atoms with Gasteiger partial charge in [0, 0.05) is 55.7 Å². The molecule has 3 atom stereocenters. The van der Waals surface area contributed by atoms with Gasteiger partial charge in [-0.3, -0.25) is 4.90 Å². The number of alkyl halides is 3. The molecule has 2 aliphatic heterocycles. The average molecular weight is 576 g/mol. The number of hydrogen-bond donors (Lipinski definition) is 2. The van der Waals surface area contributed by atoms with Crippen molar-refractivity contribution in [3.05, 3.63) is 53.0 Å². The summed E-state index contributed by atoms with van der Waals surface area (Å²) >= 11 is 5.32. The summed E-state index contributed by atoms with van der Waals surface area (Å²) in [5, 5.41) is 19.4. The molecule has 0 amide bonds. The van der Waals surface area contributed by atoms with Crippen molar-refractivity contribution < 1.29 is 36.5 Å². The number of thiocarbonyl (C=S) groups is 1. The van der Waals surface area contributed by atoms with Crippen LogP contribution in [0.4, 0.5) is 18.9 Å². The van der Waals surface area contributed by atoms with Gasteiger partial charge in [0.2, 0.25) is 15.6 Å². The van der Waals surface area contributed by atoms with Crippen molar-refractivity contribution in [2.75, 3.05) is 57.4 Å². The number of ether oxygens (including phenoxy) is 1. The smallest absolute Gasteiger partial charge is 0.393 e. The molecule has 0 radical (unpaired) electrons. The summed E-state index contributed by atoms with van der Waals surface area (Å²) in [6.45, 7) is 3.47. The summed E-state index contributed by atoms with van der Waals surface area (Å²) in [4.78, 5) is 4.69. The number of morpholine rings is 1. The maximum Gasteiger partial charge on any atom is 0.423 e. The number of rotatable bonds is 7. The quantitative estimate of drug-likeness (QED) is 0.478. The van der Waals surface area contributed by atoms with Crippen LogP contribution in [0, 0.1) is 0 Å². The van der Waals surface area contributed by atoms with E-state index in [1.807, 2.05) is 17.9 Å². The predicted molar refractivity (Wildman–Crippen MR) is 141 cm³/mol. The van der Waals surface area contributed by atoms with Gasteiger partial charge in [0.05, 0.1) is 30.8 Å². The zero-order chi connectivity index (χ0) is 27.7. The van der Waals surface area contributed by atoms with Gasteiger partial charge in [0.1, 0.15) is 0 Å². The number of nitrogens with zero attached hydrogens (tertiary/aromatic N) is 3. The molecule has 3 aliphatic rings. The lowest BCUT2D eigenvalue weighted by Gasteiger charge is -2.46. The van der Waals surface area contributed by atoms with Crippen LogP contribution in [0.1, 0.15) is 18.9 Å². The van der Waals surface area contributed by atoms with Crippen LogP contribution < -0.4 is 4.90 Å². The highest BCUT2D eigenvalue weighted by Crippen LogP contribution is 2.39. The van der Waals surface area contributed by atoms with E-state index in [9.17, 15) is 31.8 Å². The Morgan fingerprint density at radius 3 is 2.47 bits per heavy atom. The van der Waals surface area contributed by atoms with Crippen LogP contribution in [0.3, 0.4) is 0 Å². The molecule has 0 spiro atoms. The number of anilines is 1. The molecule has 0 saturated carbocycles. The highest BCUT2D eigenvalue weighted by molar-refractivity contribution is 7.96. The minimum Gasteiger partial charge on any atom is -0.393 e. The summed E-state index contributed by atoms with van der Waals surface area (Å²) in [6, 6.07) is 5.03. The van der Waals surface area contributed by atoms with Crippen LogP contribution in [-0.2, 0) is 20.4 Å². The first kappa shape index (κ1) is 29.1. The van der Waals surface area contributed by atoms with Crippen LogP contribution in [0.25, 0.3) is 0 Å². The predicted octanol–water partition coefficient (Wildman–Crippen LogP) is 2.18. The molecule has 8 nitrogen and oxygen atoms in total. The number of sulfonamides is 1. The van der Waals surface area contributed by atoms with Crippen molar-refractivity contribution in [2.24, 2.45) is 0 Å². The second-order valence-electron chi connectivity index (χ2n) is 9.78. The molecular formula is C25H32F3N3O5S2. The maximum atomic E-state index is 13.5. The van der Waals surface area contributed by atoms with Gasteiger partial charge in [0.15, 0.2) is 0 Å². The van der Waals surface area contributed by atoms with Crippen molar-refractivity contribution in [1.29, 1.82) is 0 Å². The van der Waals surface area contributed by atoms with E-state index >= 15 is 0 Å². The van der Waals surface area contributed by atoms with Gasteiger partial charge in [-0.1, -0.05) is 36.5 Å². The van der Waals surface area contributed by atoms with Gasteiger partial charge in [0.25, 0.3) is 0 Å². The fourth-order valence-corrected chi connectivity index (χ4v) is 7.08. The number of aliphatic hydroxyl groups is 2. The van der Waals surface area contributed by atoms with E-state index in [2.05, 4.69) is 4.90 Å². The van der Waals surface area contributed by atoms with Gasteiger partial charge < -0.3 is 19.8 Å². The summed E-state index contributed by atoms with van der Waals surface area (Å²) < 4.78 is 74.2. The van der Waals surface area contributed by atoms with Gasteiger partial charge in [-0.15, -0.1) is 0 Å². The molecule has 38 heavy (non-hydrogen) atoms. The van der Waals surface area contributed by atoms with Crippen molar-refractivity contribution in [3.8, 4) is 0 Å². The van der Waals surface area contributed by atoms with E-state index in [-0.39, 0.29) is 30.1 Å². The lowest BCUT2D eigenvalue weighted by molar-refractivity contribution is -0.277. The Morgan fingerprint density at radius 1 is 1.16 bits per heavy atom. The van der Waals surface area contributed by atoms with Gasteiger partial charge >= 0.3 is 6.18 Å². The molecule has 4 rings (SSSR count). The molecule has 0 bridgehead atoms. The van der Waals surface area contributed by atoms with E-state index < -0.39 is 34.0 Å². The highest BCUT2D eigenvalue weighted by Gasteiger charge is 2.54. The summed E-state index contributed by atoms with van der Waals surface area (Å²) in [7, 11) is -3.83. The van der Waals surface area contributed by atoms with Crippen LogP contribution in [0.2, 0.25) is 0 Å². The Bertz CT molecular complexity index is 1190. The second-order valence-corrected chi connectivity index (χ2v) is 12.2. The summed E-state index contributed by atoms with van der Waals surface area (Å²) in [6.07, 6.45) is 0.347. The minimum atomic E-state index is -5.05. The van der Waals surface area contributed by atoms with E-state index in [4.69, 9.17) is 17.0 Å². The zero-order valence-electron chi connectivity index (χ0n) is 21.0. The number of allylic oxidation sites excluding steroid dienone is 4. The molecule has 2 saturated heterocycles. The second kappa shape index (κ2) is 11.3. The number of hydrogen-bond acceptors (Lipinski definition) is 8. The monoisotopic (exact) mass is 575 g/mol. The third-order valence-corrected chi connectivity index (χ3v) is 9.82. The van der Waals surface area contributed by atoms with Gasteiger partial charge in [-0.05, 0) is 30.7 Å². The van der Waals surface area contributed by atoms with Gasteiger partial charge in [-0.25, -0.2) is 8.42 Å². The molecule has 0 aromatic heterocycles. The first-order valence-corrected chi connectivity index (χ1v) is 14.2. The van der Waals surface area contributed by atoms with Crippen molar-refractivity contribution in [2.45, 2.75) is 37.2 Å². The standard InChI is InChI=1S/C25H32F3N3O5S2/c1-18-16-36-13-12-29(18)14-21-15-30(38(34,35)23-5-3-2-4-22(23)37)10-11-31(21)20-8-6-19(7-9-20)24(33,17-32)25(26,27)28/h2-3,5-9,18,21,32-33H,4,10-17H2,1H3/t18-,21-,24-/m0/s1. The molecule has 2 fully saturated rings. The Kier molecular flexibility index (Phi) is 8.67. The van der Waals surface area contributed by atoms with Crippen molar-refractivity contribution in [3.63, 3.8) is 0 Å². The van der Waals surface area contributed by atoms with E-state index in [0.717, 1.165) is 12.1 Å². The molecule has 2 heterocycles. The zero-order valence-corrected chi connectivity index (χ0v) is 22.6. The lowest BCUT2D eigenvalue weighted by atomic mass is 9.93. The normalized spacial score (nSPS) is 25.8. The minimum absolute atomic E-state index is 0.116. The van der Waals surface area contributed by atoms with Crippen LogP contribution in [-0.4, -0.2) is 104 Å². The first-order valence-electron chi connectivity index (χ1n) is 12.4.